The molecule has 1 aromatic heterocycles. The molecule has 0 N–H and O–H groups in total. The van der Waals surface area contributed by atoms with Crippen LogP contribution >= 0.6 is 0 Å². The average molecular weight is 412 g/mol. The Bertz CT molecular complexity index is 1200. The second-order valence-corrected chi connectivity index (χ2v) is 15.3. The molecule has 0 aliphatic rings. The van der Waals surface area contributed by atoms with Gasteiger partial charge in [0.2, 0.25) is 0 Å². The normalized spacial score (nSPS) is 12.4. The molecule has 0 unspecified atom stereocenters. The first-order chi connectivity index (χ1) is 14.1. The molecule has 4 aromatic rings. The van der Waals surface area contributed by atoms with E-state index in [0.29, 0.717) is 11.8 Å². The third-order valence-corrected chi connectivity index (χ3v) is 8.26. The molecule has 0 spiro atoms. The molecular formula is C28H33NSi. The molecular weight excluding hydrogens is 378 g/mol. The van der Waals surface area contributed by atoms with E-state index in [9.17, 15) is 0 Å². The fourth-order valence-electron chi connectivity index (χ4n) is 4.16. The summed E-state index contributed by atoms with van der Waals surface area (Å²) >= 11 is 0. The van der Waals surface area contributed by atoms with Gasteiger partial charge in [0.15, 0.2) is 0 Å². The monoisotopic (exact) mass is 411 g/mol. The fourth-order valence-corrected chi connectivity index (χ4v) is 5.32. The first-order valence-corrected chi connectivity index (χ1v) is 14.6. The van der Waals surface area contributed by atoms with Gasteiger partial charge in [0.05, 0.1) is 13.8 Å². The van der Waals surface area contributed by atoms with E-state index in [1.807, 2.05) is 6.20 Å². The van der Waals surface area contributed by atoms with Crippen LogP contribution in [-0.2, 0) is 0 Å². The maximum Gasteiger partial charge on any atom is 0.0780 e. The summed E-state index contributed by atoms with van der Waals surface area (Å²) in [6.45, 7) is 16.3. The van der Waals surface area contributed by atoms with Crippen LogP contribution in [0.5, 0.6) is 0 Å². The van der Waals surface area contributed by atoms with E-state index < -0.39 is 8.07 Å². The third kappa shape index (κ3) is 3.81. The predicted octanol–water partition coefficient (Wildman–Crippen LogP) is 7.85. The Morgan fingerprint density at radius 2 is 1.30 bits per heavy atom. The molecule has 0 amide bonds. The van der Waals surface area contributed by atoms with Gasteiger partial charge in [-0.2, -0.15) is 0 Å². The Morgan fingerprint density at radius 1 is 0.667 bits per heavy atom. The molecule has 30 heavy (non-hydrogen) atoms. The van der Waals surface area contributed by atoms with Gasteiger partial charge < -0.3 is 0 Å². The van der Waals surface area contributed by atoms with Crippen molar-refractivity contribution >= 4 is 34.8 Å². The molecule has 0 saturated carbocycles. The summed E-state index contributed by atoms with van der Waals surface area (Å²) in [4.78, 5) is 4.86. The molecule has 0 atom stereocenters. The van der Waals surface area contributed by atoms with Crippen molar-refractivity contribution in [1.29, 1.82) is 0 Å². The number of benzene rings is 3. The minimum atomic E-state index is -1.37. The third-order valence-electron chi connectivity index (χ3n) is 6.21. The quantitative estimate of drug-likeness (QED) is 0.246. The Balaban J connectivity index is 2.00. The summed E-state index contributed by atoms with van der Waals surface area (Å²) in [5, 5.41) is 6.71. The lowest BCUT2D eigenvalue weighted by atomic mass is 9.90. The largest absolute Gasteiger partial charge is 0.256 e. The number of rotatable bonds is 4. The second-order valence-electron chi connectivity index (χ2n) is 10.2. The SMILES string of the molecule is CC(C)c1cc(-c2nccc3c2ccc2ccc([Si](C)(C)C)cc23)cc(C(C)C)c1. The van der Waals surface area contributed by atoms with Crippen molar-refractivity contribution in [3.63, 3.8) is 0 Å². The number of fused-ring (bicyclic) bond motifs is 3. The summed E-state index contributed by atoms with van der Waals surface area (Å²) in [6.07, 6.45) is 1.98. The predicted molar refractivity (Wildman–Crippen MR) is 136 cm³/mol. The molecule has 0 radical (unpaired) electrons. The zero-order chi connectivity index (χ0) is 21.6. The highest BCUT2D eigenvalue weighted by atomic mass is 28.3. The van der Waals surface area contributed by atoms with Gasteiger partial charge in [0, 0.05) is 17.1 Å². The van der Waals surface area contributed by atoms with Crippen molar-refractivity contribution in [2.24, 2.45) is 0 Å². The highest BCUT2D eigenvalue weighted by molar-refractivity contribution is 6.88. The summed E-state index contributed by atoms with van der Waals surface area (Å²) in [7, 11) is -1.37. The number of pyridine rings is 1. The lowest BCUT2D eigenvalue weighted by molar-refractivity contribution is 0.834. The molecule has 154 valence electrons. The van der Waals surface area contributed by atoms with E-state index in [1.165, 1.54) is 43.4 Å². The Morgan fingerprint density at radius 3 is 1.90 bits per heavy atom. The number of hydrogen-bond donors (Lipinski definition) is 0. The molecule has 0 saturated heterocycles. The maximum absolute atomic E-state index is 4.86. The Hall–Kier alpha value is -2.45. The first kappa shape index (κ1) is 20.8. The van der Waals surface area contributed by atoms with Crippen molar-refractivity contribution in [1.82, 2.24) is 4.98 Å². The van der Waals surface area contributed by atoms with Gasteiger partial charge in [-0.1, -0.05) is 88.9 Å². The van der Waals surface area contributed by atoms with Crippen molar-refractivity contribution < 1.29 is 0 Å². The van der Waals surface area contributed by atoms with Crippen LogP contribution in [0.4, 0.5) is 0 Å². The van der Waals surface area contributed by atoms with Crippen molar-refractivity contribution in [3.05, 3.63) is 71.9 Å². The molecule has 0 fully saturated rings. The van der Waals surface area contributed by atoms with Gasteiger partial charge in [-0.25, -0.2) is 0 Å². The zero-order valence-electron chi connectivity index (χ0n) is 19.4. The number of aromatic nitrogens is 1. The van der Waals surface area contributed by atoms with Gasteiger partial charge in [-0.15, -0.1) is 0 Å². The second kappa shape index (κ2) is 7.66. The topological polar surface area (TPSA) is 12.9 Å². The molecule has 3 aromatic carbocycles. The maximum atomic E-state index is 4.86. The van der Waals surface area contributed by atoms with Crippen LogP contribution in [0.3, 0.4) is 0 Å². The van der Waals surface area contributed by atoms with E-state index in [2.05, 4.69) is 102 Å². The van der Waals surface area contributed by atoms with Crippen LogP contribution in [0, 0.1) is 0 Å². The fraction of sp³-hybridized carbons (Fsp3) is 0.321. The minimum Gasteiger partial charge on any atom is -0.256 e. The van der Waals surface area contributed by atoms with Crippen LogP contribution < -0.4 is 5.19 Å². The van der Waals surface area contributed by atoms with Crippen LogP contribution in [0.25, 0.3) is 32.8 Å². The highest BCUT2D eigenvalue weighted by Crippen LogP contribution is 2.34. The summed E-state index contributed by atoms with van der Waals surface area (Å²) in [5.41, 5.74) is 5.10. The average Bonchev–Trinajstić information content (AvgIpc) is 2.71. The van der Waals surface area contributed by atoms with Crippen molar-refractivity contribution in [3.8, 4) is 11.3 Å². The number of hydrogen-bond acceptors (Lipinski definition) is 1. The van der Waals surface area contributed by atoms with Gasteiger partial charge in [0.1, 0.15) is 0 Å². The van der Waals surface area contributed by atoms with E-state index in [4.69, 9.17) is 4.98 Å². The number of nitrogens with zero attached hydrogens (tertiary/aromatic N) is 1. The van der Waals surface area contributed by atoms with Gasteiger partial charge in [-0.3, -0.25) is 4.98 Å². The molecule has 1 nitrogen and oxygen atoms in total. The van der Waals surface area contributed by atoms with E-state index >= 15 is 0 Å². The molecule has 1 heterocycles. The Kier molecular flexibility index (Phi) is 5.31. The zero-order valence-corrected chi connectivity index (χ0v) is 20.4. The molecule has 0 aliphatic heterocycles. The van der Waals surface area contributed by atoms with Gasteiger partial charge in [0.25, 0.3) is 0 Å². The molecule has 0 aliphatic carbocycles. The van der Waals surface area contributed by atoms with Gasteiger partial charge >= 0.3 is 0 Å². The van der Waals surface area contributed by atoms with Crippen molar-refractivity contribution in [2.45, 2.75) is 59.2 Å². The van der Waals surface area contributed by atoms with E-state index in [-0.39, 0.29) is 0 Å². The smallest absolute Gasteiger partial charge is 0.0780 e. The van der Waals surface area contributed by atoms with E-state index in [1.54, 1.807) is 0 Å². The van der Waals surface area contributed by atoms with Crippen LogP contribution in [0.2, 0.25) is 19.6 Å². The summed E-state index contributed by atoms with van der Waals surface area (Å²) in [5.74, 6) is 0.995. The van der Waals surface area contributed by atoms with Gasteiger partial charge in [-0.05, 0) is 57.3 Å². The van der Waals surface area contributed by atoms with E-state index in [0.717, 1.165) is 5.69 Å². The lowest BCUT2D eigenvalue weighted by Gasteiger charge is -2.18. The van der Waals surface area contributed by atoms with Crippen molar-refractivity contribution in [2.75, 3.05) is 0 Å². The molecule has 4 rings (SSSR count). The van der Waals surface area contributed by atoms with Crippen LogP contribution in [0.15, 0.2) is 60.8 Å². The summed E-state index contributed by atoms with van der Waals surface area (Å²) < 4.78 is 0. The molecule has 0 bridgehead atoms. The minimum absolute atomic E-state index is 0.498. The molecule has 2 heteroatoms. The standard InChI is InChI=1S/C28H33NSi/c1-18(2)21-14-22(19(3)4)16-23(15-21)28-26-11-9-20-8-10-24(30(5,6)7)17-27(20)25(26)12-13-29-28/h8-19H,1-7H3. The van der Waals surface area contributed by atoms with Crippen LogP contribution in [0.1, 0.15) is 50.7 Å². The lowest BCUT2D eigenvalue weighted by Crippen LogP contribution is -2.37. The summed E-state index contributed by atoms with van der Waals surface area (Å²) in [6, 6.07) is 20.8. The Labute approximate surface area is 182 Å². The first-order valence-electron chi connectivity index (χ1n) is 11.1. The highest BCUT2D eigenvalue weighted by Gasteiger charge is 2.18. The van der Waals surface area contributed by atoms with Crippen LogP contribution in [-0.4, -0.2) is 13.1 Å².